The molecule has 1 aliphatic rings. The Morgan fingerprint density at radius 1 is 1.14 bits per heavy atom. The number of aromatic nitrogens is 3. The molecule has 0 atom stereocenters. The molecule has 0 unspecified atom stereocenters. The lowest BCUT2D eigenvalue weighted by atomic mass is 9.98. The van der Waals surface area contributed by atoms with E-state index in [0.717, 1.165) is 30.0 Å². The molecule has 2 aromatic heterocycles. The number of hydrogen-bond donors (Lipinski definition) is 1. The molecular formula is C22H26N4O2. The number of benzene rings is 1. The van der Waals surface area contributed by atoms with E-state index in [9.17, 15) is 4.79 Å². The van der Waals surface area contributed by atoms with Crippen LogP contribution in [0.15, 0.2) is 55.0 Å². The second-order valence-electron chi connectivity index (χ2n) is 7.30. The van der Waals surface area contributed by atoms with Gasteiger partial charge in [0.15, 0.2) is 0 Å². The number of carbonyl (C=O) groups excluding carboxylic acids is 1. The predicted molar refractivity (Wildman–Crippen MR) is 108 cm³/mol. The van der Waals surface area contributed by atoms with Crippen LogP contribution in [0, 0.1) is 0 Å². The van der Waals surface area contributed by atoms with Gasteiger partial charge in [-0.25, -0.2) is 0 Å². The molecule has 1 N–H and O–H groups in total. The lowest BCUT2D eigenvalue weighted by molar-refractivity contribution is 0.0951. The third-order valence-corrected chi connectivity index (χ3v) is 5.23. The number of ether oxygens (including phenoxy) is 1. The maximum atomic E-state index is 12.7. The number of rotatable bonds is 6. The van der Waals surface area contributed by atoms with Gasteiger partial charge >= 0.3 is 0 Å². The minimum Gasteiger partial charge on any atom is -0.490 e. The summed E-state index contributed by atoms with van der Waals surface area (Å²) in [7, 11) is 1.83. The van der Waals surface area contributed by atoms with Crippen molar-refractivity contribution in [1.29, 1.82) is 0 Å². The molecule has 1 aromatic carbocycles. The van der Waals surface area contributed by atoms with Gasteiger partial charge in [0.2, 0.25) is 0 Å². The summed E-state index contributed by atoms with van der Waals surface area (Å²) in [5, 5.41) is 7.22. The monoisotopic (exact) mass is 378 g/mol. The molecule has 1 amide bonds. The molecule has 2 heterocycles. The van der Waals surface area contributed by atoms with E-state index in [2.05, 4.69) is 10.4 Å². The molecule has 6 heteroatoms. The molecule has 0 radical (unpaired) electrons. The average Bonchev–Trinajstić information content (AvgIpc) is 3.37. The standard InChI is InChI=1S/C22H26N4O2/c1-25-22(26-13-5-6-14-26)20(16-24-25)21(27)23-15-17-9-11-19(12-10-17)28-18-7-3-2-4-8-18/h5-6,9-14,16,18H,2-4,7-8,15H2,1H3,(H,23,27). The summed E-state index contributed by atoms with van der Waals surface area (Å²) in [6, 6.07) is 11.8. The fourth-order valence-corrected chi connectivity index (χ4v) is 3.71. The lowest BCUT2D eigenvalue weighted by Crippen LogP contribution is -2.24. The van der Waals surface area contributed by atoms with E-state index in [1.165, 1.54) is 19.3 Å². The highest BCUT2D eigenvalue weighted by molar-refractivity contribution is 5.97. The predicted octanol–water partition coefficient (Wildman–Crippen LogP) is 3.85. The number of nitrogens with one attached hydrogen (secondary N) is 1. The molecule has 1 aliphatic carbocycles. The molecule has 1 saturated carbocycles. The highest BCUT2D eigenvalue weighted by Gasteiger charge is 2.17. The van der Waals surface area contributed by atoms with Gasteiger partial charge in [-0.3, -0.25) is 9.48 Å². The van der Waals surface area contributed by atoms with Crippen molar-refractivity contribution >= 4 is 5.91 Å². The first kappa shape index (κ1) is 18.3. The Kier molecular flexibility index (Phi) is 5.46. The molecule has 0 bridgehead atoms. The summed E-state index contributed by atoms with van der Waals surface area (Å²) >= 11 is 0. The Labute approximate surface area is 165 Å². The van der Waals surface area contributed by atoms with Crippen LogP contribution in [0.5, 0.6) is 5.75 Å². The van der Waals surface area contributed by atoms with Crippen LogP contribution in [0.3, 0.4) is 0 Å². The number of carbonyl (C=O) groups is 1. The summed E-state index contributed by atoms with van der Waals surface area (Å²) in [4.78, 5) is 12.7. The third kappa shape index (κ3) is 4.11. The maximum Gasteiger partial charge on any atom is 0.256 e. The van der Waals surface area contributed by atoms with Crippen molar-refractivity contribution in [3.05, 3.63) is 66.1 Å². The van der Waals surface area contributed by atoms with E-state index in [1.54, 1.807) is 10.9 Å². The molecule has 1 fully saturated rings. The molecule has 6 nitrogen and oxygen atoms in total. The van der Waals surface area contributed by atoms with Gasteiger partial charge in [0, 0.05) is 26.0 Å². The second kappa shape index (κ2) is 8.33. The van der Waals surface area contributed by atoms with Gasteiger partial charge in [0.1, 0.15) is 17.1 Å². The normalized spacial score (nSPS) is 14.8. The summed E-state index contributed by atoms with van der Waals surface area (Å²) in [5.74, 6) is 1.52. The first-order valence-corrected chi connectivity index (χ1v) is 9.90. The Morgan fingerprint density at radius 2 is 1.86 bits per heavy atom. The maximum absolute atomic E-state index is 12.7. The van der Waals surface area contributed by atoms with E-state index in [4.69, 9.17) is 4.74 Å². The topological polar surface area (TPSA) is 61.1 Å². The van der Waals surface area contributed by atoms with Crippen LogP contribution in [0.1, 0.15) is 48.0 Å². The highest BCUT2D eigenvalue weighted by Crippen LogP contribution is 2.23. The van der Waals surface area contributed by atoms with Gasteiger partial charge in [-0.15, -0.1) is 0 Å². The molecule has 4 rings (SSSR count). The smallest absolute Gasteiger partial charge is 0.256 e. The molecule has 3 aromatic rings. The Morgan fingerprint density at radius 3 is 2.57 bits per heavy atom. The molecule has 28 heavy (non-hydrogen) atoms. The van der Waals surface area contributed by atoms with Crippen molar-refractivity contribution in [2.75, 3.05) is 0 Å². The van der Waals surface area contributed by atoms with Crippen molar-refractivity contribution in [1.82, 2.24) is 19.7 Å². The average molecular weight is 378 g/mol. The van der Waals surface area contributed by atoms with E-state index in [0.29, 0.717) is 18.2 Å². The summed E-state index contributed by atoms with van der Waals surface area (Å²) in [6.45, 7) is 0.461. The van der Waals surface area contributed by atoms with E-state index in [-0.39, 0.29) is 5.91 Å². The van der Waals surface area contributed by atoms with Gasteiger partial charge in [-0.1, -0.05) is 18.6 Å². The lowest BCUT2D eigenvalue weighted by Gasteiger charge is -2.23. The molecule has 0 aliphatic heterocycles. The summed E-state index contributed by atoms with van der Waals surface area (Å²) < 4.78 is 9.65. The largest absolute Gasteiger partial charge is 0.490 e. The quantitative estimate of drug-likeness (QED) is 0.709. The molecule has 0 spiro atoms. The fourth-order valence-electron chi connectivity index (χ4n) is 3.71. The van der Waals surface area contributed by atoms with Gasteiger partial charge < -0.3 is 14.6 Å². The van der Waals surface area contributed by atoms with Gasteiger partial charge in [0.05, 0.1) is 12.3 Å². The van der Waals surface area contributed by atoms with Crippen LogP contribution >= 0.6 is 0 Å². The SMILES string of the molecule is Cn1ncc(C(=O)NCc2ccc(OC3CCCCC3)cc2)c1-n1cccc1. The van der Waals surface area contributed by atoms with Crippen LogP contribution in [-0.2, 0) is 13.6 Å². The molecule has 0 saturated heterocycles. The van der Waals surface area contributed by atoms with Crippen LogP contribution in [0.4, 0.5) is 0 Å². The second-order valence-corrected chi connectivity index (χ2v) is 7.30. The Hall–Kier alpha value is -3.02. The zero-order valence-electron chi connectivity index (χ0n) is 16.2. The van der Waals surface area contributed by atoms with Crippen LogP contribution in [-0.4, -0.2) is 26.4 Å². The zero-order chi connectivity index (χ0) is 19.3. The first-order valence-electron chi connectivity index (χ1n) is 9.90. The number of amides is 1. The van der Waals surface area contributed by atoms with Crippen molar-refractivity contribution < 1.29 is 9.53 Å². The number of nitrogens with zero attached hydrogens (tertiary/aromatic N) is 3. The van der Waals surface area contributed by atoms with E-state index < -0.39 is 0 Å². The van der Waals surface area contributed by atoms with Crippen molar-refractivity contribution in [2.45, 2.75) is 44.8 Å². The minimum atomic E-state index is -0.140. The summed E-state index contributed by atoms with van der Waals surface area (Å²) in [5.41, 5.74) is 1.59. The number of hydrogen-bond acceptors (Lipinski definition) is 3. The number of aryl methyl sites for hydroxylation is 1. The van der Waals surface area contributed by atoms with Crippen LogP contribution in [0.25, 0.3) is 5.82 Å². The van der Waals surface area contributed by atoms with Gasteiger partial charge in [-0.05, 0) is 55.5 Å². The molecular weight excluding hydrogens is 352 g/mol. The Bertz CT molecular complexity index is 907. The first-order chi connectivity index (χ1) is 13.7. The van der Waals surface area contributed by atoms with Crippen molar-refractivity contribution in [2.24, 2.45) is 7.05 Å². The van der Waals surface area contributed by atoms with Crippen LogP contribution < -0.4 is 10.1 Å². The fraction of sp³-hybridized carbons (Fsp3) is 0.364. The van der Waals surface area contributed by atoms with Gasteiger partial charge in [-0.2, -0.15) is 5.10 Å². The molecule has 146 valence electrons. The van der Waals surface area contributed by atoms with Crippen molar-refractivity contribution in [3.8, 4) is 11.6 Å². The van der Waals surface area contributed by atoms with Gasteiger partial charge in [0.25, 0.3) is 5.91 Å². The summed E-state index contributed by atoms with van der Waals surface area (Å²) in [6.07, 6.45) is 11.9. The van der Waals surface area contributed by atoms with Crippen molar-refractivity contribution in [3.63, 3.8) is 0 Å². The van der Waals surface area contributed by atoms with E-state index >= 15 is 0 Å². The van der Waals surface area contributed by atoms with E-state index in [1.807, 2.05) is 60.4 Å². The highest BCUT2D eigenvalue weighted by atomic mass is 16.5. The third-order valence-electron chi connectivity index (χ3n) is 5.23. The van der Waals surface area contributed by atoms with Crippen LogP contribution in [0.2, 0.25) is 0 Å². The zero-order valence-corrected chi connectivity index (χ0v) is 16.2. The minimum absolute atomic E-state index is 0.140. The Balaban J connectivity index is 1.36.